The van der Waals surface area contributed by atoms with Gasteiger partial charge in [-0.2, -0.15) is 0 Å². The van der Waals surface area contributed by atoms with Gasteiger partial charge >= 0.3 is 0 Å². The number of hydrogen-bond acceptors (Lipinski definition) is 3. The fraction of sp³-hybridized carbons (Fsp3) is 0.917. The molecule has 0 rings (SSSR count). The second-order valence-corrected chi connectivity index (χ2v) is 8.42. The minimum absolute atomic E-state index is 0.366. The lowest BCUT2D eigenvalue weighted by molar-refractivity contribution is 0.109. The lowest BCUT2D eigenvalue weighted by atomic mass is 10.0. The zero-order chi connectivity index (χ0) is 20.2. The van der Waals surface area contributed by atoms with Gasteiger partial charge in [-0.1, -0.05) is 96.5 Å². The smallest absolute Gasteiger partial charge is 0.0686 e. The van der Waals surface area contributed by atoms with Gasteiger partial charge in [0.05, 0.1) is 12.2 Å². The van der Waals surface area contributed by atoms with E-state index in [1.54, 1.807) is 13.8 Å². The first-order chi connectivity index (χ1) is 13.1. The molecule has 2 N–H and O–H groups in total. The molecule has 3 heteroatoms. The fourth-order valence-corrected chi connectivity index (χ4v) is 3.56. The van der Waals surface area contributed by atoms with Gasteiger partial charge < -0.3 is 15.1 Å². The van der Waals surface area contributed by atoms with E-state index in [0.717, 1.165) is 6.42 Å². The van der Waals surface area contributed by atoms with Crippen molar-refractivity contribution in [3.8, 4) is 0 Å². The van der Waals surface area contributed by atoms with Crippen LogP contribution in [0.25, 0.3) is 0 Å². The van der Waals surface area contributed by atoms with Crippen LogP contribution in [0.15, 0.2) is 12.3 Å². The van der Waals surface area contributed by atoms with Gasteiger partial charge in [-0.05, 0) is 32.9 Å². The normalized spacial score (nSPS) is 14.0. The van der Waals surface area contributed by atoms with Crippen LogP contribution in [-0.4, -0.2) is 40.4 Å². The zero-order valence-corrected chi connectivity index (χ0v) is 18.7. The Balaban J connectivity index is 3.40. The van der Waals surface area contributed by atoms with Gasteiger partial charge in [-0.15, -0.1) is 0 Å². The van der Waals surface area contributed by atoms with E-state index in [-0.39, 0.29) is 12.2 Å². The second-order valence-electron chi connectivity index (χ2n) is 8.42. The number of hydrogen-bond donors (Lipinski definition) is 2. The van der Waals surface area contributed by atoms with E-state index in [9.17, 15) is 10.2 Å². The third kappa shape index (κ3) is 21.6. The van der Waals surface area contributed by atoms with Gasteiger partial charge in [0.15, 0.2) is 0 Å². The predicted molar refractivity (Wildman–Crippen MR) is 119 cm³/mol. The maximum absolute atomic E-state index is 9.51. The summed E-state index contributed by atoms with van der Waals surface area (Å²) in [6.07, 6.45) is 24.1. The standard InChI is InChI=1S/C24H49NO2/c1-4-5-6-7-8-9-10-11-12-13-14-15-16-17-18-19-20-25(21-23(2)26)22-24(3)27/h19-20,23-24,26-27H,4-18,21-22H2,1-3H3. The Bertz CT molecular complexity index is 306. The highest BCUT2D eigenvalue weighted by Gasteiger charge is 2.06. The van der Waals surface area contributed by atoms with Crippen LogP contribution in [-0.2, 0) is 0 Å². The Morgan fingerprint density at radius 3 is 1.37 bits per heavy atom. The Morgan fingerprint density at radius 1 is 0.630 bits per heavy atom. The summed E-state index contributed by atoms with van der Waals surface area (Å²) in [6.45, 7) is 7.02. The summed E-state index contributed by atoms with van der Waals surface area (Å²) >= 11 is 0. The third-order valence-electron chi connectivity index (χ3n) is 5.04. The Hall–Kier alpha value is -0.540. The minimum atomic E-state index is -0.366. The average molecular weight is 384 g/mol. The molecule has 0 fully saturated rings. The molecule has 0 radical (unpaired) electrons. The molecule has 0 bridgehead atoms. The van der Waals surface area contributed by atoms with Crippen LogP contribution in [0.4, 0.5) is 0 Å². The molecule has 0 aromatic carbocycles. The van der Waals surface area contributed by atoms with E-state index in [4.69, 9.17) is 0 Å². The van der Waals surface area contributed by atoms with Gasteiger partial charge in [0, 0.05) is 13.1 Å². The molecule has 0 aliphatic carbocycles. The summed E-state index contributed by atoms with van der Waals surface area (Å²) in [6, 6.07) is 0. The highest BCUT2D eigenvalue weighted by molar-refractivity contribution is 4.84. The Morgan fingerprint density at radius 2 is 1.00 bits per heavy atom. The molecular formula is C24H49NO2. The van der Waals surface area contributed by atoms with Crippen molar-refractivity contribution in [2.24, 2.45) is 0 Å². The highest BCUT2D eigenvalue weighted by Crippen LogP contribution is 2.13. The first kappa shape index (κ1) is 26.5. The van der Waals surface area contributed by atoms with Crippen LogP contribution in [0, 0.1) is 0 Å². The van der Waals surface area contributed by atoms with Crippen molar-refractivity contribution < 1.29 is 10.2 Å². The summed E-state index contributed by atoms with van der Waals surface area (Å²) in [7, 11) is 0. The van der Waals surface area contributed by atoms with Crippen molar-refractivity contribution in [2.75, 3.05) is 13.1 Å². The number of unbranched alkanes of at least 4 members (excludes halogenated alkanes) is 14. The predicted octanol–water partition coefficient (Wildman–Crippen LogP) is 6.44. The van der Waals surface area contributed by atoms with Crippen molar-refractivity contribution in [1.82, 2.24) is 4.90 Å². The summed E-state index contributed by atoms with van der Waals surface area (Å²) in [5, 5.41) is 19.0. The largest absolute Gasteiger partial charge is 0.392 e. The maximum atomic E-state index is 9.51. The molecule has 0 aromatic heterocycles. The second kappa shape index (κ2) is 20.2. The zero-order valence-electron chi connectivity index (χ0n) is 18.7. The van der Waals surface area contributed by atoms with E-state index in [1.165, 1.54) is 89.9 Å². The van der Waals surface area contributed by atoms with Gasteiger partial charge in [0.25, 0.3) is 0 Å². The number of nitrogens with zero attached hydrogens (tertiary/aromatic N) is 1. The summed E-state index contributed by atoms with van der Waals surface area (Å²) < 4.78 is 0. The third-order valence-corrected chi connectivity index (χ3v) is 5.04. The first-order valence-corrected chi connectivity index (χ1v) is 11.8. The molecule has 0 saturated heterocycles. The monoisotopic (exact) mass is 383 g/mol. The Kier molecular flexibility index (Phi) is 19.8. The fourth-order valence-electron chi connectivity index (χ4n) is 3.56. The lowest BCUT2D eigenvalue weighted by Crippen LogP contribution is -2.32. The molecule has 162 valence electrons. The topological polar surface area (TPSA) is 43.7 Å². The maximum Gasteiger partial charge on any atom is 0.0686 e. The molecule has 0 aliphatic rings. The number of allylic oxidation sites excluding steroid dienone is 1. The van der Waals surface area contributed by atoms with Crippen LogP contribution in [0.5, 0.6) is 0 Å². The van der Waals surface area contributed by atoms with Crippen LogP contribution < -0.4 is 0 Å². The minimum Gasteiger partial charge on any atom is -0.392 e. The van der Waals surface area contributed by atoms with Crippen molar-refractivity contribution in [1.29, 1.82) is 0 Å². The van der Waals surface area contributed by atoms with Crippen LogP contribution in [0.3, 0.4) is 0 Å². The molecular weight excluding hydrogens is 334 g/mol. The summed E-state index contributed by atoms with van der Waals surface area (Å²) in [5.41, 5.74) is 0. The van der Waals surface area contributed by atoms with Crippen LogP contribution >= 0.6 is 0 Å². The SMILES string of the molecule is CCCCCCCCCCCCCCCCC=CN(CC(C)O)CC(C)O. The van der Waals surface area contributed by atoms with Gasteiger partial charge in [0.2, 0.25) is 0 Å². The molecule has 0 saturated carbocycles. The molecule has 2 unspecified atom stereocenters. The molecule has 3 nitrogen and oxygen atoms in total. The molecule has 27 heavy (non-hydrogen) atoms. The molecule has 2 atom stereocenters. The number of rotatable bonds is 20. The number of aliphatic hydroxyl groups is 2. The highest BCUT2D eigenvalue weighted by atomic mass is 16.3. The molecule has 0 spiro atoms. The van der Waals surface area contributed by atoms with Crippen molar-refractivity contribution in [3.63, 3.8) is 0 Å². The van der Waals surface area contributed by atoms with Crippen LogP contribution in [0.2, 0.25) is 0 Å². The van der Waals surface area contributed by atoms with E-state index in [2.05, 4.69) is 13.0 Å². The molecule has 0 aliphatic heterocycles. The molecule has 0 heterocycles. The van der Waals surface area contributed by atoms with Crippen molar-refractivity contribution >= 4 is 0 Å². The molecule has 0 amide bonds. The number of aliphatic hydroxyl groups excluding tert-OH is 2. The van der Waals surface area contributed by atoms with E-state index >= 15 is 0 Å². The van der Waals surface area contributed by atoms with Gasteiger partial charge in [0.1, 0.15) is 0 Å². The van der Waals surface area contributed by atoms with E-state index in [0.29, 0.717) is 13.1 Å². The van der Waals surface area contributed by atoms with Crippen molar-refractivity contribution in [2.45, 2.75) is 129 Å². The quantitative estimate of drug-likeness (QED) is 0.238. The van der Waals surface area contributed by atoms with Crippen molar-refractivity contribution in [3.05, 3.63) is 12.3 Å². The van der Waals surface area contributed by atoms with Gasteiger partial charge in [-0.25, -0.2) is 0 Å². The van der Waals surface area contributed by atoms with E-state index < -0.39 is 0 Å². The first-order valence-electron chi connectivity index (χ1n) is 11.8. The van der Waals surface area contributed by atoms with Gasteiger partial charge in [-0.3, -0.25) is 0 Å². The Labute approximate surface area is 170 Å². The van der Waals surface area contributed by atoms with Crippen LogP contribution in [0.1, 0.15) is 117 Å². The molecule has 0 aromatic rings. The summed E-state index contributed by atoms with van der Waals surface area (Å²) in [5.74, 6) is 0. The lowest BCUT2D eigenvalue weighted by Gasteiger charge is -2.23. The average Bonchev–Trinajstić information content (AvgIpc) is 2.60. The van der Waals surface area contributed by atoms with E-state index in [1.807, 2.05) is 11.1 Å². The summed E-state index contributed by atoms with van der Waals surface area (Å²) in [4.78, 5) is 2.01.